The average molecular weight is 429 g/mol. The lowest BCUT2D eigenvalue weighted by atomic mass is 10.1. The van der Waals surface area contributed by atoms with Crippen molar-refractivity contribution in [2.45, 2.75) is 6.04 Å². The maximum Gasteiger partial charge on any atom is 0.322 e. The molecule has 10 nitrogen and oxygen atoms in total. The summed E-state index contributed by atoms with van der Waals surface area (Å²) in [6.45, 7) is 3.30. The number of urea groups is 1. The number of rotatable bonds is 5. The van der Waals surface area contributed by atoms with Gasteiger partial charge in [0.05, 0.1) is 18.1 Å². The van der Waals surface area contributed by atoms with E-state index in [0.29, 0.717) is 34.7 Å². The standard InChI is InChI=1S/C11H14FNO2.C9H6N4O3/c1-8(15-3)4-5-9-7-13(2)11(14)10(9)6-12;14-7-6(12-9(15)13-7)5-1-4-2-10-3-11-8(4)16-5/h4-5H,1,6-7H2,2-3H3;1-3,6H,(H2,12,13,14,15)/b5-4-;/t;6-/m.0/s1. The molecule has 0 unspecified atom stereocenters. The van der Waals surface area contributed by atoms with E-state index in [1.165, 1.54) is 18.3 Å². The molecule has 2 aromatic heterocycles. The number of imide groups is 1. The topological polar surface area (TPSA) is 127 Å². The third-order valence-corrected chi connectivity index (χ3v) is 4.54. The fourth-order valence-corrected chi connectivity index (χ4v) is 2.92. The van der Waals surface area contributed by atoms with Crippen LogP contribution in [0.15, 0.2) is 58.6 Å². The third kappa shape index (κ3) is 4.77. The minimum Gasteiger partial charge on any atom is -0.497 e. The van der Waals surface area contributed by atoms with Crippen LogP contribution in [0.3, 0.4) is 0 Å². The molecular formula is C20H20FN5O5. The van der Waals surface area contributed by atoms with Crippen LogP contribution in [0, 0.1) is 0 Å². The molecule has 31 heavy (non-hydrogen) atoms. The summed E-state index contributed by atoms with van der Waals surface area (Å²) < 4.78 is 22.8. The van der Waals surface area contributed by atoms with Crippen molar-refractivity contribution in [1.82, 2.24) is 25.5 Å². The first-order valence-corrected chi connectivity index (χ1v) is 9.09. The Morgan fingerprint density at radius 2 is 2.23 bits per heavy atom. The summed E-state index contributed by atoms with van der Waals surface area (Å²) in [4.78, 5) is 42.9. The Hall–Kier alpha value is -4.02. The van der Waals surface area contributed by atoms with Gasteiger partial charge in [-0.3, -0.25) is 14.9 Å². The number of hydrogen-bond donors (Lipinski definition) is 2. The van der Waals surface area contributed by atoms with Crippen LogP contribution in [-0.2, 0) is 14.3 Å². The van der Waals surface area contributed by atoms with E-state index in [9.17, 15) is 18.8 Å². The van der Waals surface area contributed by atoms with E-state index >= 15 is 0 Å². The number of halogens is 1. The first kappa shape index (κ1) is 21.7. The number of methoxy groups -OCH3 is 1. The number of allylic oxidation sites excluding steroid dienone is 1. The molecule has 162 valence electrons. The monoisotopic (exact) mass is 429 g/mol. The summed E-state index contributed by atoms with van der Waals surface area (Å²) in [5.74, 6) is 0.138. The van der Waals surface area contributed by atoms with Crippen molar-refractivity contribution in [3.05, 3.63) is 60.0 Å². The van der Waals surface area contributed by atoms with Crippen molar-refractivity contribution < 1.29 is 27.9 Å². The Morgan fingerprint density at radius 3 is 2.84 bits per heavy atom. The minimum absolute atomic E-state index is 0.220. The number of nitrogens with one attached hydrogen (secondary N) is 2. The predicted molar refractivity (Wildman–Crippen MR) is 107 cm³/mol. The fourth-order valence-electron chi connectivity index (χ4n) is 2.92. The number of carbonyl (C=O) groups excluding carboxylic acids is 3. The maximum absolute atomic E-state index is 12.6. The Balaban J connectivity index is 0.000000176. The molecular weight excluding hydrogens is 409 g/mol. The number of furan rings is 1. The molecule has 1 atom stereocenters. The number of alkyl halides is 1. The van der Waals surface area contributed by atoms with Gasteiger partial charge in [-0.15, -0.1) is 0 Å². The minimum atomic E-state index is -0.790. The molecule has 0 aliphatic carbocycles. The Labute approximate surface area is 176 Å². The van der Waals surface area contributed by atoms with Crippen molar-refractivity contribution >= 4 is 28.9 Å². The van der Waals surface area contributed by atoms with Gasteiger partial charge in [0, 0.05) is 19.8 Å². The van der Waals surface area contributed by atoms with Crippen LogP contribution in [0.4, 0.5) is 9.18 Å². The fraction of sp³-hybridized carbons (Fsp3) is 0.250. The SMILES string of the molecule is C=C(/C=C\C1=C(CF)C(=O)N(C)C1)OC.O=C1NC(=O)[C@H](c2cc3cncnc3o2)N1. The Kier molecular flexibility index (Phi) is 6.43. The van der Waals surface area contributed by atoms with E-state index in [1.807, 2.05) is 0 Å². The van der Waals surface area contributed by atoms with Gasteiger partial charge in [0.1, 0.15) is 24.5 Å². The molecule has 1 saturated heterocycles. The van der Waals surface area contributed by atoms with Crippen molar-refractivity contribution in [1.29, 1.82) is 0 Å². The van der Waals surface area contributed by atoms with Crippen molar-refractivity contribution in [2.75, 3.05) is 27.4 Å². The quantitative estimate of drug-likeness (QED) is 0.419. The number of nitrogens with zero attached hydrogens (tertiary/aromatic N) is 3. The molecule has 11 heteroatoms. The number of amides is 4. The first-order valence-electron chi connectivity index (χ1n) is 9.09. The molecule has 2 aliphatic heterocycles. The highest BCUT2D eigenvalue weighted by Crippen LogP contribution is 2.23. The second-order valence-corrected chi connectivity index (χ2v) is 6.63. The molecule has 0 saturated carbocycles. The first-order chi connectivity index (χ1) is 14.8. The molecule has 0 radical (unpaired) electrons. The molecule has 1 fully saturated rings. The normalized spacial score (nSPS) is 18.4. The van der Waals surface area contributed by atoms with Gasteiger partial charge in [-0.05, 0) is 17.7 Å². The third-order valence-electron chi connectivity index (χ3n) is 4.54. The van der Waals surface area contributed by atoms with Gasteiger partial charge in [0.25, 0.3) is 11.8 Å². The highest BCUT2D eigenvalue weighted by Gasteiger charge is 2.33. The second kappa shape index (κ2) is 9.20. The molecule has 0 bridgehead atoms. The molecule has 2 aromatic rings. The summed E-state index contributed by atoms with van der Waals surface area (Å²) in [5.41, 5.74) is 1.29. The van der Waals surface area contributed by atoms with Crippen LogP contribution in [0.25, 0.3) is 11.1 Å². The van der Waals surface area contributed by atoms with E-state index in [4.69, 9.17) is 9.15 Å². The van der Waals surface area contributed by atoms with Gasteiger partial charge in [-0.1, -0.05) is 12.7 Å². The molecule has 4 amide bonds. The summed E-state index contributed by atoms with van der Waals surface area (Å²) >= 11 is 0. The summed E-state index contributed by atoms with van der Waals surface area (Å²) in [7, 11) is 3.15. The predicted octanol–water partition coefficient (Wildman–Crippen LogP) is 1.54. The summed E-state index contributed by atoms with van der Waals surface area (Å²) in [5, 5.41) is 5.25. The number of fused-ring (bicyclic) bond motifs is 1. The van der Waals surface area contributed by atoms with Crippen molar-refractivity contribution in [2.24, 2.45) is 0 Å². The number of carbonyl (C=O) groups is 3. The van der Waals surface area contributed by atoms with Crippen molar-refractivity contribution in [3.63, 3.8) is 0 Å². The van der Waals surface area contributed by atoms with Gasteiger partial charge < -0.3 is 19.4 Å². The van der Waals surface area contributed by atoms with Crippen LogP contribution in [0.5, 0.6) is 0 Å². The molecule has 2 aliphatic rings. The Bertz CT molecular complexity index is 1070. The summed E-state index contributed by atoms with van der Waals surface area (Å²) in [6, 6.07) is 0.314. The average Bonchev–Trinajstić information content (AvgIpc) is 3.41. The molecule has 2 N–H and O–H groups in total. The van der Waals surface area contributed by atoms with Gasteiger partial charge >= 0.3 is 6.03 Å². The second-order valence-electron chi connectivity index (χ2n) is 6.63. The zero-order chi connectivity index (χ0) is 22.5. The Morgan fingerprint density at radius 1 is 1.45 bits per heavy atom. The van der Waals surface area contributed by atoms with Crippen LogP contribution < -0.4 is 10.6 Å². The maximum atomic E-state index is 12.6. The van der Waals surface area contributed by atoms with Crippen LogP contribution in [0.1, 0.15) is 11.8 Å². The smallest absolute Gasteiger partial charge is 0.322 e. The van der Waals surface area contributed by atoms with Crippen molar-refractivity contribution in [3.8, 4) is 0 Å². The number of likely N-dealkylation sites (N-methyl/N-ethyl adjacent to an activating group) is 1. The number of ether oxygens (including phenoxy) is 1. The van der Waals surface area contributed by atoms with E-state index in [-0.39, 0.29) is 11.5 Å². The highest BCUT2D eigenvalue weighted by atomic mass is 19.1. The van der Waals surface area contributed by atoms with Gasteiger partial charge in [0.15, 0.2) is 6.04 Å². The summed E-state index contributed by atoms with van der Waals surface area (Å²) in [6.07, 6.45) is 6.21. The van der Waals surface area contributed by atoms with Crippen LogP contribution in [-0.4, -0.2) is 60.1 Å². The van der Waals surface area contributed by atoms with E-state index in [2.05, 4.69) is 27.2 Å². The number of aromatic nitrogens is 2. The lowest BCUT2D eigenvalue weighted by Crippen LogP contribution is -2.22. The van der Waals surface area contributed by atoms with Crippen LogP contribution in [0.2, 0.25) is 0 Å². The molecule has 4 rings (SSSR count). The van der Waals surface area contributed by atoms with Gasteiger partial charge in [0.2, 0.25) is 5.71 Å². The largest absolute Gasteiger partial charge is 0.497 e. The zero-order valence-electron chi connectivity index (χ0n) is 16.8. The van der Waals surface area contributed by atoms with E-state index in [1.54, 1.807) is 31.5 Å². The molecule has 0 aromatic carbocycles. The number of hydrogen-bond acceptors (Lipinski definition) is 7. The van der Waals surface area contributed by atoms with Crippen LogP contribution >= 0.6 is 0 Å². The van der Waals surface area contributed by atoms with Gasteiger partial charge in [-0.2, -0.15) is 0 Å². The lowest BCUT2D eigenvalue weighted by molar-refractivity contribution is -0.124. The molecule has 0 spiro atoms. The van der Waals surface area contributed by atoms with E-state index < -0.39 is 24.7 Å². The zero-order valence-corrected chi connectivity index (χ0v) is 16.8. The lowest BCUT2D eigenvalue weighted by Gasteiger charge is -2.06. The highest BCUT2D eigenvalue weighted by molar-refractivity contribution is 6.04. The molecule has 4 heterocycles. The van der Waals surface area contributed by atoms with E-state index in [0.717, 1.165) is 0 Å². The van der Waals surface area contributed by atoms with Gasteiger partial charge in [-0.25, -0.2) is 19.2 Å².